The van der Waals surface area contributed by atoms with Crippen molar-refractivity contribution in [1.29, 1.82) is 0 Å². The predicted octanol–water partition coefficient (Wildman–Crippen LogP) is 6.04. The predicted molar refractivity (Wildman–Crippen MR) is 121 cm³/mol. The van der Waals surface area contributed by atoms with E-state index in [9.17, 15) is 4.79 Å². The van der Waals surface area contributed by atoms with Gasteiger partial charge >= 0.3 is 0 Å². The maximum Gasteiger partial charge on any atom is 0.209 e. The third-order valence-corrected chi connectivity index (χ3v) is 6.66. The Morgan fingerprint density at radius 2 is 1.63 bits per heavy atom. The van der Waals surface area contributed by atoms with Gasteiger partial charge in [0.25, 0.3) is 0 Å². The SMILES string of the molecule is Cc1ccc(C(=O)c2ccc3c(c2)C(C)(C)C2(C=Cc4ccccc4O2)N3)cc1C. The number of rotatable bonds is 2. The second-order valence-electron chi connectivity index (χ2n) is 8.85. The Bertz CT molecular complexity index is 1220. The Morgan fingerprint density at radius 3 is 2.43 bits per heavy atom. The zero-order valence-corrected chi connectivity index (χ0v) is 17.7. The molecule has 1 spiro atoms. The number of benzene rings is 3. The van der Waals surface area contributed by atoms with E-state index in [-0.39, 0.29) is 11.2 Å². The van der Waals surface area contributed by atoms with Crippen LogP contribution in [0.25, 0.3) is 6.08 Å². The van der Waals surface area contributed by atoms with Gasteiger partial charge in [0, 0.05) is 22.4 Å². The van der Waals surface area contributed by atoms with Gasteiger partial charge in [-0.2, -0.15) is 0 Å². The molecule has 1 N–H and O–H groups in total. The molecule has 2 aliphatic rings. The van der Waals surface area contributed by atoms with Crippen molar-refractivity contribution in [1.82, 2.24) is 0 Å². The Balaban J connectivity index is 1.54. The average Bonchev–Trinajstić information content (AvgIpc) is 2.95. The second kappa shape index (κ2) is 6.33. The van der Waals surface area contributed by atoms with Crippen LogP contribution in [-0.4, -0.2) is 11.5 Å². The Morgan fingerprint density at radius 1 is 0.900 bits per heavy atom. The molecule has 2 heterocycles. The standard InChI is InChI=1S/C27H25NO2/c1-17-9-10-20(15-18(17)2)25(29)21-11-12-23-22(16-21)26(3,4)27(28-23)14-13-19-7-5-6-8-24(19)30-27/h5-16,28H,1-4H3. The highest BCUT2D eigenvalue weighted by Crippen LogP contribution is 2.51. The lowest BCUT2D eigenvalue weighted by Gasteiger charge is -2.41. The summed E-state index contributed by atoms with van der Waals surface area (Å²) in [6.45, 7) is 8.42. The molecule has 0 radical (unpaired) electrons. The highest BCUT2D eigenvalue weighted by molar-refractivity contribution is 6.09. The molecule has 0 amide bonds. The molecule has 3 heteroatoms. The van der Waals surface area contributed by atoms with Crippen molar-refractivity contribution in [2.75, 3.05) is 5.32 Å². The molecule has 1 atom stereocenters. The van der Waals surface area contributed by atoms with E-state index >= 15 is 0 Å². The van der Waals surface area contributed by atoms with Crippen molar-refractivity contribution >= 4 is 17.5 Å². The molecule has 0 aliphatic carbocycles. The molecule has 150 valence electrons. The van der Waals surface area contributed by atoms with Gasteiger partial charge in [-0.05, 0) is 86.9 Å². The number of carbonyl (C=O) groups excluding carboxylic acids is 1. The number of fused-ring (bicyclic) bond motifs is 2. The summed E-state index contributed by atoms with van der Waals surface area (Å²) in [5.74, 6) is 0.905. The fourth-order valence-corrected chi connectivity index (χ4v) is 4.45. The van der Waals surface area contributed by atoms with Crippen LogP contribution in [0.3, 0.4) is 0 Å². The number of para-hydroxylation sites is 1. The van der Waals surface area contributed by atoms with Crippen LogP contribution in [0.1, 0.15) is 52.0 Å². The highest BCUT2D eigenvalue weighted by Gasteiger charge is 2.54. The van der Waals surface area contributed by atoms with E-state index in [2.05, 4.69) is 38.2 Å². The first-order valence-corrected chi connectivity index (χ1v) is 10.3. The Kier molecular flexibility index (Phi) is 3.94. The largest absolute Gasteiger partial charge is 0.463 e. The van der Waals surface area contributed by atoms with Crippen molar-refractivity contribution in [3.8, 4) is 5.75 Å². The van der Waals surface area contributed by atoms with Crippen LogP contribution in [0.15, 0.2) is 66.7 Å². The fraction of sp³-hybridized carbons (Fsp3) is 0.222. The minimum absolute atomic E-state index is 0.0445. The van der Waals surface area contributed by atoms with Crippen molar-refractivity contribution in [3.05, 3.63) is 100 Å². The van der Waals surface area contributed by atoms with Crippen LogP contribution in [0.5, 0.6) is 5.75 Å². The van der Waals surface area contributed by atoms with Crippen molar-refractivity contribution in [3.63, 3.8) is 0 Å². The number of carbonyl (C=O) groups is 1. The zero-order valence-electron chi connectivity index (χ0n) is 17.7. The quantitative estimate of drug-likeness (QED) is 0.538. The van der Waals surface area contributed by atoms with E-state index in [1.165, 1.54) is 5.56 Å². The molecule has 5 rings (SSSR count). The molecule has 30 heavy (non-hydrogen) atoms. The van der Waals surface area contributed by atoms with Gasteiger partial charge in [-0.1, -0.05) is 30.3 Å². The van der Waals surface area contributed by atoms with Gasteiger partial charge in [0.1, 0.15) is 5.75 Å². The molecule has 0 saturated carbocycles. The maximum atomic E-state index is 13.2. The molecule has 0 bridgehead atoms. The van der Waals surface area contributed by atoms with Gasteiger partial charge in [0.2, 0.25) is 5.72 Å². The molecule has 2 aliphatic heterocycles. The number of hydrogen-bond acceptors (Lipinski definition) is 3. The van der Waals surface area contributed by atoms with E-state index in [1.807, 2.05) is 67.6 Å². The summed E-state index contributed by atoms with van der Waals surface area (Å²) in [6, 6.07) is 19.9. The summed E-state index contributed by atoms with van der Waals surface area (Å²) in [5.41, 5.74) is 5.83. The second-order valence-corrected chi connectivity index (χ2v) is 8.85. The molecule has 0 aromatic heterocycles. The summed E-state index contributed by atoms with van der Waals surface area (Å²) in [6.07, 6.45) is 4.21. The third kappa shape index (κ3) is 2.62. The van der Waals surface area contributed by atoms with Crippen LogP contribution in [-0.2, 0) is 5.41 Å². The maximum absolute atomic E-state index is 13.2. The number of nitrogens with one attached hydrogen (secondary N) is 1. The van der Waals surface area contributed by atoms with Crippen LogP contribution >= 0.6 is 0 Å². The van der Waals surface area contributed by atoms with Gasteiger partial charge in [-0.25, -0.2) is 0 Å². The highest BCUT2D eigenvalue weighted by atomic mass is 16.5. The Hall–Kier alpha value is -3.33. The first-order chi connectivity index (χ1) is 14.3. The number of anilines is 1. The van der Waals surface area contributed by atoms with Gasteiger partial charge in [-0.3, -0.25) is 4.79 Å². The smallest absolute Gasteiger partial charge is 0.209 e. The zero-order chi connectivity index (χ0) is 21.1. The van der Waals surface area contributed by atoms with Crippen LogP contribution < -0.4 is 10.1 Å². The first kappa shape index (κ1) is 18.7. The van der Waals surface area contributed by atoms with Crippen LogP contribution in [0, 0.1) is 13.8 Å². The van der Waals surface area contributed by atoms with Gasteiger partial charge in [0.15, 0.2) is 5.78 Å². The topological polar surface area (TPSA) is 38.3 Å². The summed E-state index contributed by atoms with van der Waals surface area (Å²) < 4.78 is 6.51. The molecule has 1 unspecified atom stereocenters. The summed E-state index contributed by atoms with van der Waals surface area (Å²) >= 11 is 0. The van der Waals surface area contributed by atoms with Gasteiger partial charge in [-0.15, -0.1) is 0 Å². The van der Waals surface area contributed by atoms with Crippen molar-refractivity contribution in [2.24, 2.45) is 0 Å². The normalized spacial score (nSPS) is 20.3. The Labute approximate surface area is 177 Å². The minimum atomic E-state index is -0.689. The number of ketones is 1. The summed E-state index contributed by atoms with van der Waals surface area (Å²) in [5, 5.41) is 3.58. The monoisotopic (exact) mass is 395 g/mol. The molecule has 0 saturated heterocycles. The van der Waals surface area contributed by atoms with E-state index in [0.717, 1.165) is 33.7 Å². The number of ether oxygens (including phenoxy) is 1. The first-order valence-electron chi connectivity index (χ1n) is 10.3. The van der Waals surface area contributed by atoms with Crippen molar-refractivity contribution in [2.45, 2.75) is 38.8 Å². The van der Waals surface area contributed by atoms with E-state index < -0.39 is 5.72 Å². The lowest BCUT2D eigenvalue weighted by atomic mass is 9.76. The number of aryl methyl sites for hydroxylation is 2. The fourth-order valence-electron chi connectivity index (χ4n) is 4.45. The molecular weight excluding hydrogens is 370 g/mol. The third-order valence-electron chi connectivity index (χ3n) is 6.66. The van der Waals surface area contributed by atoms with Gasteiger partial charge < -0.3 is 10.1 Å². The van der Waals surface area contributed by atoms with E-state index in [1.54, 1.807) is 0 Å². The van der Waals surface area contributed by atoms with Gasteiger partial charge in [0.05, 0.1) is 5.41 Å². The average molecular weight is 396 g/mol. The summed E-state index contributed by atoms with van der Waals surface area (Å²) in [7, 11) is 0. The lowest BCUT2D eigenvalue weighted by molar-refractivity contribution is 0.0822. The lowest BCUT2D eigenvalue weighted by Crippen LogP contribution is -2.53. The molecular formula is C27H25NO2. The number of hydrogen-bond donors (Lipinski definition) is 1. The van der Waals surface area contributed by atoms with Crippen LogP contribution in [0.2, 0.25) is 0 Å². The van der Waals surface area contributed by atoms with Crippen LogP contribution in [0.4, 0.5) is 5.69 Å². The molecule has 0 fully saturated rings. The minimum Gasteiger partial charge on any atom is -0.463 e. The van der Waals surface area contributed by atoms with E-state index in [4.69, 9.17) is 4.74 Å². The summed E-state index contributed by atoms with van der Waals surface area (Å²) in [4.78, 5) is 13.2. The van der Waals surface area contributed by atoms with E-state index in [0.29, 0.717) is 5.56 Å². The molecule has 3 aromatic rings. The van der Waals surface area contributed by atoms with Crippen molar-refractivity contribution < 1.29 is 9.53 Å². The molecule has 3 aromatic carbocycles. The molecule has 3 nitrogen and oxygen atoms in total.